The molecule has 2 aliphatic carbocycles. The topological polar surface area (TPSA) is 9.23 Å². The van der Waals surface area contributed by atoms with E-state index in [2.05, 4.69) is 29.6 Å². The lowest BCUT2D eigenvalue weighted by atomic mass is 9.79. The highest BCUT2D eigenvalue weighted by Gasteiger charge is 2.32. The fourth-order valence-corrected chi connectivity index (χ4v) is 4.69. The van der Waals surface area contributed by atoms with E-state index < -0.39 is 17.9 Å². The maximum atomic E-state index is 14.0. The Bertz CT molecular complexity index is 771. The Balaban J connectivity index is 1.46. The predicted molar refractivity (Wildman–Crippen MR) is 110 cm³/mol. The molecular formula is C25H30F4O. The third-order valence-electron chi connectivity index (χ3n) is 6.59. The number of benzene rings is 1. The van der Waals surface area contributed by atoms with Crippen molar-refractivity contribution in [1.29, 1.82) is 0 Å². The van der Waals surface area contributed by atoms with Crippen LogP contribution in [-0.4, -0.2) is 6.36 Å². The van der Waals surface area contributed by atoms with Gasteiger partial charge < -0.3 is 4.74 Å². The minimum absolute atomic E-state index is 0.154. The van der Waals surface area contributed by atoms with E-state index >= 15 is 0 Å². The molecule has 2 fully saturated rings. The van der Waals surface area contributed by atoms with E-state index in [9.17, 15) is 17.6 Å². The first-order valence-electron chi connectivity index (χ1n) is 11.1. The highest BCUT2D eigenvalue weighted by Crippen LogP contribution is 2.37. The molecular weight excluding hydrogens is 392 g/mol. The highest BCUT2D eigenvalue weighted by molar-refractivity contribution is 5.32. The third kappa shape index (κ3) is 6.79. The second-order valence-electron chi connectivity index (χ2n) is 8.62. The molecule has 30 heavy (non-hydrogen) atoms. The van der Waals surface area contributed by atoms with E-state index in [1.165, 1.54) is 44.2 Å². The minimum Gasteiger partial charge on any atom is -0.403 e. The molecule has 0 aromatic heterocycles. The molecule has 0 saturated heterocycles. The Hall–Kier alpha value is -1.96. The minimum atomic E-state index is -4.89. The molecule has 0 unspecified atom stereocenters. The lowest BCUT2D eigenvalue weighted by Crippen LogP contribution is -2.18. The van der Waals surface area contributed by atoms with Gasteiger partial charge in [-0.2, -0.15) is 0 Å². The van der Waals surface area contributed by atoms with E-state index in [4.69, 9.17) is 0 Å². The average molecular weight is 423 g/mol. The Kier molecular flexibility index (Phi) is 7.86. The molecule has 2 aliphatic rings. The van der Waals surface area contributed by atoms with Crippen LogP contribution in [0.3, 0.4) is 0 Å². The molecule has 0 atom stereocenters. The molecule has 0 heterocycles. The molecule has 0 bridgehead atoms. The van der Waals surface area contributed by atoms with Crippen LogP contribution in [0.5, 0.6) is 5.75 Å². The zero-order valence-corrected chi connectivity index (χ0v) is 17.5. The summed E-state index contributed by atoms with van der Waals surface area (Å²) in [5, 5.41) is 0. The summed E-state index contributed by atoms with van der Waals surface area (Å²) < 4.78 is 54.5. The van der Waals surface area contributed by atoms with Crippen LogP contribution in [0, 0.1) is 35.4 Å². The third-order valence-corrected chi connectivity index (χ3v) is 6.59. The van der Waals surface area contributed by atoms with Crippen molar-refractivity contribution in [3.63, 3.8) is 0 Å². The van der Waals surface area contributed by atoms with Crippen molar-refractivity contribution in [2.75, 3.05) is 0 Å². The van der Waals surface area contributed by atoms with Gasteiger partial charge in [0.2, 0.25) is 0 Å². The van der Waals surface area contributed by atoms with E-state index in [0.29, 0.717) is 11.8 Å². The quantitative estimate of drug-likeness (QED) is 0.356. The number of hydrogen-bond acceptors (Lipinski definition) is 1. The van der Waals surface area contributed by atoms with Crippen LogP contribution in [0.1, 0.15) is 76.2 Å². The summed E-state index contributed by atoms with van der Waals surface area (Å²) >= 11 is 0. The van der Waals surface area contributed by atoms with E-state index in [1.807, 2.05) is 6.08 Å². The number of alkyl halides is 3. The largest absolute Gasteiger partial charge is 0.573 e. The first-order chi connectivity index (χ1) is 14.3. The van der Waals surface area contributed by atoms with Gasteiger partial charge in [0, 0.05) is 5.92 Å². The molecule has 0 N–H and O–H groups in total. The smallest absolute Gasteiger partial charge is 0.403 e. The summed E-state index contributed by atoms with van der Waals surface area (Å²) in [5.41, 5.74) is 0.732. The van der Waals surface area contributed by atoms with Gasteiger partial charge in [-0.3, -0.25) is 0 Å². The van der Waals surface area contributed by atoms with Crippen LogP contribution in [0.4, 0.5) is 17.6 Å². The molecule has 164 valence electrons. The Morgan fingerprint density at radius 1 is 1.03 bits per heavy atom. The summed E-state index contributed by atoms with van der Waals surface area (Å²) in [5.74, 6) is 6.86. The van der Waals surface area contributed by atoms with Gasteiger partial charge >= 0.3 is 6.36 Å². The predicted octanol–water partition coefficient (Wildman–Crippen LogP) is 7.77. The molecule has 0 amide bonds. The lowest BCUT2D eigenvalue weighted by molar-refractivity contribution is -0.275. The van der Waals surface area contributed by atoms with E-state index in [-0.39, 0.29) is 5.92 Å². The van der Waals surface area contributed by atoms with Crippen LogP contribution in [-0.2, 0) is 0 Å². The number of halogens is 4. The number of allylic oxidation sites excluding steroid dienone is 2. The van der Waals surface area contributed by atoms with Crippen molar-refractivity contribution >= 4 is 0 Å². The summed E-state index contributed by atoms with van der Waals surface area (Å²) in [6.45, 7) is 2.27. The summed E-state index contributed by atoms with van der Waals surface area (Å²) in [6, 6.07) is 3.79. The molecule has 2 saturated carbocycles. The number of ether oxygens (including phenoxy) is 1. The number of rotatable bonds is 4. The van der Waals surface area contributed by atoms with Crippen LogP contribution < -0.4 is 4.74 Å². The summed E-state index contributed by atoms with van der Waals surface area (Å²) in [4.78, 5) is 0. The Morgan fingerprint density at radius 2 is 1.73 bits per heavy atom. The van der Waals surface area contributed by atoms with Crippen molar-refractivity contribution in [1.82, 2.24) is 0 Å². The molecule has 5 heteroatoms. The average Bonchev–Trinajstić information content (AvgIpc) is 2.73. The first kappa shape index (κ1) is 22.7. The summed E-state index contributed by atoms with van der Waals surface area (Å²) in [7, 11) is 0. The lowest BCUT2D eigenvalue weighted by Gasteiger charge is -2.26. The van der Waals surface area contributed by atoms with Gasteiger partial charge in [0.1, 0.15) is 0 Å². The number of hydrogen-bond donors (Lipinski definition) is 0. The maximum absolute atomic E-state index is 14.0. The Labute approximate surface area is 176 Å². The normalized spacial score (nSPS) is 27.5. The first-order valence-corrected chi connectivity index (χ1v) is 11.1. The standard InChI is InChI=1S/C25H30F4O/c1-2-18-7-9-19(10-8-18)5-3-4-6-20-11-13-21(14-12-20)22-15-16-24(23(26)17-22)30-25(27,28)29/h3,5,15-21H,2,7-14H2,1H3/b5-3+/t18-,19-,20-,21-. The molecule has 0 spiro atoms. The summed E-state index contributed by atoms with van der Waals surface area (Å²) in [6.07, 6.45) is 9.45. The van der Waals surface area contributed by atoms with Gasteiger partial charge in [-0.1, -0.05) is 37.3 Å². The van der Waals surface area contributed by atoms with Crippen LogP contribution in [0.25, 0.3) is 0 Å². The van der Waals surface area contributed by atoms with E-state index in [1.54, 1.807) is 0 Å². The van der Waals surface area contributed by atoms with Crippen molar-refractivity contribution in [2.45, 2.75) is 77.0 Å². The monoisotopic (exact) mass is 422 g/mol. The SMILES string of the molecule is CC[C@H]1CC[C@H](/C=C/C#C[C@H]2CC[C@H](c3ccc(OC(F)(F)F)c(F)c3)CC2)CC1. The molecule has 0 aliphatic heterocycles. The molecule has 1 aromatic carbocycles. The van der Waals surface area contributed by atoms with Crippen molar-refractivity contribution in [3.05, 3.63) is 41.7 Å². The molecule has 1 nitrogen and oxygen atoms in total. The van der Waals surface area contributed by atoms with Crippen molar-refractivity contribution < 1.29 is 22.3 Å². The van der Waals surface area contributed by atoms with Gasteiger partial charge in [0.05, 0.1) is 0 Å². The fourth-order valence-electron chi connectivity index (χ4n) is 4.69. The van der Waals surface area contributed by atoms with Crippen molar-refractivity contribution in [2.24, 2.45) is 17.8 Å². The zero-order chi connectivity index (χ0) is 21.6. The van der Waals surface area contributed by atoms with Gasteiger partial charge in [-0.15, -0.1) is 13.2 Å². The highest BCUT2D eigenvalue weighted by atomic mass is 19.4. The van der Waals surface area contributed by atoms with Gasteiger partial charge in [0.25, 0.3) is 0 Å². The van der Waals surface area contributed by atoms with Gasteiger partial charge in [-0.05, 0) is 92.9 Å². The van der Waals surface area contributed by atoms with Crippen LogP contribution in [0.15, 0.2) is 30.4 Å². The molecule has 3 rings (SSSR count). The maximum Gasteiger partial charge on any atom is 0.573 e. The fraction of sp³-hybridized carbons (Fsp3) is 0.600. The molecule has 0 radical (unpaired) electrons. The van der Waals surface area contributed by atoms with Crippen LogP contribution >= 0.6 is 0 Å². The van der Waals surface area contributed by atoms with Gasteiger partial charge in [0.15, 0.2) is 11.6 Å². The van der Waals surface area contributed by atoms with E-state index in [0.717, 1.165) is 43.2 Å². The van der Waals surface area contributed by atoms with Crippen LogP contribution in [0.2, 0.25) is 0 Å². The molecule has 1 aromatic rings. The second-order valence-corrected chi connectivity index (χ2v) is 8.62. The van der Waals surface area contributed by atoms with Gasteiger partial charge in [-0.25, -0.2) is 4.39 Å². The van der Waals surface area contributed by atoms with Crippen molar-refractivity contribution in [3.8, 4) is 17.6 Å². The zero-order valence-electron chi connectivity index (χ0n) is 17.5. The Morgan fingerprint density at radius 3 is 2.33 bits per heavy atom. The second kappa shape index (κ2) is 10.4.